The van der Waals surface area contributed by atoms with E-state index in [-0.39, 0.29) is 27.5 Å². The number of hydrogen-bond acceptors (Lipinski definition) is 7. The molecule has 1 heterocycles. The molecule has 1 aliphatic rings. The highest BCUT2D eigenvalue weighted by Crippen LogP contribution is 2.37. The van der Waals surface area contributed by atoms with Crippen molar-refractivity contribution >= 4 is 49.7 Å². The van der Waals surface area contributed by atoms with Crippen LogP contribution in [0.4, 0.5) is 11.4 Å². The summed E-state index contributed by atoms with van der Waals surface area (Å²) in [6.45, 7) is 2.02. The number of rotatable bonds is 6. The van der Waals surface area contributed by atoms with Gasteiger partial charge in [0.2, 0.25) is 16.3 Å². The van der Waals surface area contributed by atoms with Crippen molar-refractivity contribution in [2.75, 3.05) is 8.94 Å². The van der Waals surface area contributed by atoms with Gasteiger partial charge in [-0.05, 0) is 48.9 Å². The Kier molecular flexibility index (Phi) is 6.72. The van der Waals surface area contributed by atoms with Gasteiger partial charge in [-0.2, -0.15) is 8.42 Å². The number of benzene rings is 3. The van der Waals surface area contributed by atoms with Crippen LogP contribution in [-0.2, 0) is 27.7 Å². The van der Waals surface area contributed by atoms with E-state index >= 15 is 0 Å². The normalized spacial score (nSPS) is 17.5. The predicted molar refractivity (Wildman–Crippen MR) is 130 cm³/mol. The number of nitrogens with zero attached hydrogens (tertiary/aromatic N) is 4. The highest BCUT2D eigenvalue weighted by molar-refractivity contribution is 8.26. The van der Waals surface area contributed by atoms with Gasteiger partial charge in [0.15, 0.2) is 0 Å². The van der Waals surface area contributed by atoms with Gasteiger partial charge in [-0.3, -0.25) is 5.21 Å². The summed E-state index contributed by atoms with van der Waals surface area (Å²) >= 11 is -0.898. The van der Waals surface area contributed by atoms with Gasteiger partial charge in [-0.25, -0.2) is 12.2 Å². The van der Waals surface area contributed by atoms with Crippen molar-refractivity contribution in [2.24, 2.45) is 4.40 Å². The Morgan fingerprint density at radius 1 is 1.03 bits per heavy atom. The molecule has 0 aliphatic carbocycles. The van der Waals surface area contributed by atoms with Crippen LogP contribution >= 0.6 is 11.9 Å². The number of amidine groups is 1. The molecular formula is C21H19N4O5S3-. The van der Waals surface area contributed by atoms with Gasteiger partial charge >= 0.3 is 0 Å². The fourth-order valence-electron chi connectivity index (χ4n) is 2.95. The standard InChI is InChI=1S/C21H19N4O5S3/c1-16-7-13-20(14-8-16)33(29,30)22-21-23(15-17-5-3-2-4-6-17)32(28)25(31-21)19-11-9-18(10-12-19)24(26)27/h2-14,26H,15H2,1H3/q-1. The van der Waals surface area contributed by atoms with Crippen molar-refractivity contribution in [1.82, 2.24) is 4.31 Å². The van der Waals surface area contributed by atoms with Crippen LogP contribution in [0.5, 0.6) is 0 Å². The molecule has 0 radical (unpaired) electrons. The molecule has 172 valence electrons. The van der Waals surface area contributed by atoms with Crippen molar-refractivity contribution in [3.8, 4) is 0 Å². The van der Waals surface area contributed by atoms with E-state index in [4.69, 9.17) is 5.21 Å². The molecule has 1 N–H and O–H groups in total. The topological polar surface area (TPSA) is 117 Å². The molecule has 3 aromatic carbocycles. The zero-order valence-electron chi connectivity index (χ0n) is 17.3. The minimum Gasteiger partial charge on any atom is -0.733 e. The van der Waals surface area contributed by atoms with Crippen LogP contribution in [0.2, 0.25) is 0 Å². The molecule has 33 heavy (non-hydrogen) atoms. The average Bonchev–Trinajstić information content (AvgIpc) is 3.09. The number of aryl methyl sites for hydroxylation is 1. The van der Waals surface area contributed by atoms with Crippen molar-refractivity contribution in [2.45, 2.75) is 18.4 Å². The molecule has 0 amide bonds. The van der Waals surface area contributed by atoms with E-state index in [0.717, 1.165) is 23.1 Å². The number of sulfonamides is 1. The van der Waals surface area contributed by atoms with E-state index in [2.05, 4.69) is 4.40 Å². The maximum absolute atomic E-state index is 13.4. The van der Waals surface area contributed by atoms with Gasteiger partial charge in [-0.1, -0.05) is 48.0 Å². The molecule has 1 fully saturated rings. The Morgan fingerprint density at radius 3 is 2.27 bits per heavy atom. The molecule has 12 heteroatoms. The van der Waals surface area contributed by atoms with E-state index in [0.29, 0.717) is 5.69 Å². The van der Waals surface area contributed by atoms with Gasteiger partial charge in [-0.15, -0.1) is 4.40 Å². The minimum absolute atomic E-state index is 0.00529. The maximum atomic E-state index is 13.4. The Hall–Kier alpha value is -2.90. The highest BCUT2D eigenvalue weighted by Gasteiger charge is 2.37. The molecule has 0 aromatic heterocycles. The van der Waals surface area contributed by atoms with E-state index in [1.165, 1.54) is 44.4 Å². The van der Waals surface area contributed by atoms with Crippen LogP contribution in [-0.4, -0.2) is 27.3 Å². The third-order valence-corrected chi connectivity index (χ3v) is 8.82. The molecular weight excluding hydrogens is 484 g/mol. The minimum atomic E-state index is -4.05. The first-order chi connectivity index (χ1) is 15.7. The predicted octanol–water partition coefficient (Wildman–Crippen LogP) is 3.98. The molecule has 1 unspecified atom stereocenters. The summed E-state index contributed by atoms with van der Waals surface area (Å²) in [6, 6.07) is 21.3. The Labute approximate surface area is 198 Å². The van der Waals surface area contributed by atoms with Crippen LogP contribution in [0.1, 0.15) is 11.1 Å². The summed E-state index contributed by atoms with van der Waals surface area (Å²) < 4.78 is 46.0. The van der Waals surface area contributed by atoms with E-state index in [1.54, 1.807) is 12.1 Å². The zero-order chi connectivity index (χ0) is 23.6. The summed E-state index contributed by atoms with van der Waals surface area (Å²) in [5.74, 6) is 0. The quantitative estimate of drug-likeness (QED) is 0.399. The fraction of sp³-hybridized carbons (Fsp3) is 0.0952. The second-order valence-corrected chi connectivity index (χ2v) is 11.1. The second-order valence-electron chi connectivity index (χ2n) is 7.05. The van der Waals surface area contributed by atoms with E-state index in [9.17, 15) is 17.8 Å². The van der Waals surface area contributed by atoms with Crippen LogP contribution in [0.25, 0.3) is 0 Å². The van der Waals surface area contributed by atoms with Gasteiger partial charge in [0.05, 0.1) is 22.8 Å². The molecule has 3 aromatic rings. The van der Waals surface area contributed by atoms with Crippen molar-refractivity contribution in [3.63, 3.8) is 0 Å². The summed E-state index contributed by atoms with van der Waals surface area (Å²) in [6.07, 6.45) is 0. The molecule has 0 saturated carbocycles. The lowest BCUT2D eigenvalue weighted by molar-refractivity contribution is 0.296. The monoisotopic (exact) mass is 503 g/mol. The smallest absolute Gasteiger partial charge is 0.284 e. The SMILES string of the molecule is Cc1ccc(S(=O)(=O)N=C2SN(c3ccc(N([O-])O)cc3)S(=O)N2Cc2ccccc2)cc1. The van der Waals surface area contributed by atoms with Gasteiger partial charge in [0.1, 0.15) is 0 Å². The Bertz CT molecular complexity index is 1280. The summed E-state index contributed by atoms with van der Waals surface area (Å²) in [5, 5.41) is 19.9. The lowest BCUT2D eigenvalue weighted by atomic mass is 10.2. The molecule has 0 spiro atoms. The summed E-state index contributed by atoms with van der Waals surface area (Å²) in [7, 11) is -4.05. The fourth-order valence-corrected chi connectivity index (χ4v) is 6.76. The summed E-state index contributed by atoms with van der Waals surface area (Å²) in [5.41, 5.74) is 2.19. The van der Waals surface area contributed by atoms with Crippen LogP contribution < -0.4 is 8.94 Å². The zero-order valence-corrected chi connectivity index (χ0v) is 19.8. The lowest BCUT2D eigenvalue weighted by Crippen LogP contribution is -2.28. The molecule has 1 saturated heterocycles. The van der Waals surface area contributed by atoms with Gasteiger partial charge in [0.25, 0.3) is 10.0 Å². The first-order valence-corrected chi connectivity index (χ1v) is 12.9. The Balaban J connectivity index is 1.71. The lowest BCUT2D eigenvalue weighted by Gasteiger charge is -2.22. The van der Waals surface area contributed by atoms with Crippen LogP contribution in [0.15, 0.2) is 88.2 Å². The second kappa shape index (κ2) is 9.53. The number of anilines is 2. The molecule has 4 rings (SSSR count). The van der Waals surface area contributed by atoms with E-state index < -0.39 is 21.2 Å². The first kappa shape index (κ1) is 23.3. The highest BCUT2D eigenvalue weighted by atomic mass is 32.3. The molecule has 1 atom stereocenters. The third-order valence-electron chi connectivity index (χ3n) is 4.68. The number of hydrogen-bond donors (Lipinski definition) is 1. The maximum Gasteiger partial charge on any atom is 0.284 e. The largest absolute Gasteiger partial charge is 0.733 e. The van der Waals surface area contributed by atoms with Crippen molar-refractivity contribution in [1.29, 1.82) is 0 Å². The molecule has 9 nitrogen and oxygen atoms in total. The van der Waals surface area contributed by atoms with E-state index in [1.807, 2.05) is 37.3 Å². The Morgan fingerprint density at radius 2 is 1.67 bits per heavy atom. The first-order valence-electron chi connectivity index (χ1n) is 9.64. The average molecular weight is 504 g/mol. The molecule has 1 aliphatic heterocycles. The van der Waals surface area contributed by atoms with Gasteiger partial charge < -0.3 is 10.4 Å². The van der Waals surface area contributed by atoms with Crippen molar-refractivity contribution < 1.29 is 17.8 Å². The van der Waals surface area contributed by atoms with Crippen molar-refractivity contribution in [3.05, 3.63) is 95.2 Å². The summed E-state index contributed by atoms with van der Waals surface area (Å²) in [4.78, 5) is 0.0351. The van der Waals surface area contributed by atoms with Crippen LogP contribution in [0.3, 0.4) is 0 Å². The third kappa shape index (κ3) is 5.20. The van der Waals surface area contributed by atoms with Gasteiger partial charge in [0, 0.05) is 11.9 Å². The molecule has 0 bridgehead atoms. The van der Waals surface area contributed by atoms with Crippen LogP contribution in [0, 0.1) is 12.1 Å².